The van der Waals surface area contributed by atoms with Gasteiger partial charge in [-0.2, -0.15) is 0 Å². The summed E-state index contributed by atoms with van der Waals surface area (Å²) < 4.78 is 0. The molecule has 0 saturated heterocycles. The Hall–Kier alpha value is -1.18. The first-order valence-corrected chi connectivity index (χ1v) is 2.45. The van der Waals surface area contributed by atoms with Gasteiger partial charge in [0.2, 0.25) is 0 Å². The molecule has 0 unspecified atom stereocenters. The van der Waals surface area contributed by atoms with Crippen LogP contribution < -0.4 is 11.1 Å². The Balaban J connectivity index is 2.69. The van der Waals surface area contributed by atoms with Crippen LogP contribution in [0, 0.1) is 0 Å². The molecule has 3 N–H and O–H groups in total. The highest BCUT2D eigenvalue weighted by molar-refractivity contribution is 5.18. The van der Waals surface area contributed by atoms with Crippen LogP contribution in [0.15, 0.2) is 36.3 Å². The molecule has 0 aromatic carbocycles. The summed E-state index contributed by atoms with van der Waals surface area (Å²) in [6, 6.07) is 0. The molecule has 1 aliphatic heterocycles. The van der Waals surface area contributed by atoms with Gasteiger partial charge in [-0.15, -0.1) is 0 Å². The molecule has 0 amide bonds. The highest BCUT2D eigenvalue weighted by Crippen LogP contribution is 1.86. The minimum atomic E-state index is 0.676. The van der Waals surface area contributed by atoms with Crippen molar-refractivity contribution in [3.05, 3.63) is 36.3 Å². The molecule has 2 heteroatoms. The molecule has 0 atom stereocenters. The summed E-state index contributed by atoms with van der Waals surface area (Å²) in [6.45, 7) is 0. The van der Waals surface area contributed by atoms with Crippen molar-refractivity contribution in [2.45, 2.75) is 0 Å². The van der Waals surface area contributed by atoms with Crippen molar-refractivity contribution in [1.82, 2.24) is 5.32 Å². The number of rotatable bonds is 0. The molecule has 0 fully saturated rings. The second-order valence-electron chi connectivity index (χ2n) is 1.51. The van der Waals surface area contributed by atoms with E-state index in [2.05, 4.69) is 5.32 Å². The number of allylic oxidation sites excluding steroid dienone is 4. The van der Waals surface area contributed by atoms with Gasteiger partial charge in [0.05, 0.1) is 5.82 Å². The monoisotopic (exact) mass is 108 g/mol. The van der Waals surface area contributed by atoms with Gasteiger partial charge in [-0.3, -0.25) is 0 Å². The second-order valence-corrected chi connectivity index (χ2v) is 1.51. The minimum Gasteiger partial charge on any atom is -0.385 e. The minimum absolute atomic E-state index is 0.676. The number of hydrogen-bond acceptors (Lipinski definition) is 2. The second kappa shape index (κ2) is 2.21. The van der Waals surface area contributed by atoms with Gasteiger partial charge in [0, 0.05) is 6.20 Å². The first kappa shape index (κ1) is 4.97. The Morgan fingerprint density at radius 3 is 3.00 bits per heavy atom. The SMILES string of the molecule is NC1=CC=CC=CN1. The van der Waals surface area contributed by atoms with Gasteiger partial charge in [0.15, 0.2) is 0 Å². The predicted molar refractivity (Wildman–Crippen MR) is 33.7 cm³/mol. The van der Waals surface area contributed by atoms with E-state index in [1.54, 1.807) is 12.3 Å². The van der Waals surface area contributed by atoms with E-state index in [1.165, 1.54) is 0 Å². The maximum absolute atomic E-state index is 5.38. The van der Waals surface area contributed by atoms with Crippen LogP contribution in [0.1, 0.15) is 0 Å². The summed E-state index contributed by atoms with van der Waals surface area (Å²) in [5.41, 5.74) is 5.38. The van der Waals surface area contributed by atoms with E-state index in [-0.39, 0.29) is 0 Å². The summed E-state index contributed by atoms with van der Waals surface area (Å²) in [5, 5.41) is 2.84. The quantitative estimate of drug-likeness (QED) is 0.473. The Morgan fingerprint density at radius 2 is 2.12 bits per heavy atom. The molecule has 0 saturated carbocycles. The molecule has 0 aromatic heterocycles. The van der Waals surface area contributed by atoms with Crippen molar-refractivity contribution < 1.29 is 0 Å². The van der Waals surface area contributed by atoms with E-state index in [9.17, 15) is 0 Å². The fourth-order valence-electron chi connectivity index (χ4n) is 0.471. The third-order valence-corrected chi connectivity index (χ3v) is 0.844. The van der Waals surface area contributed by atoms with E-state index < -0.39 is 0 Å². The average molecular weight is 108 g/mol. The zero-order valence-corrected chi connectivity index (χ0v) is 4.46. The molecule has 1 heterocycles. The van der Waals surface area contributed by atoms with Gasteiger partial charge in [-0.1, -0.05) is 12.2 Å². The lowest BCUT2D eigenvalue weighted by Gasteiger charge is -1.93. The summed E-state index contributed by atoms with van der Waals surface area (Å²) >= 11 is 0. The van der Waals surface area contributed by atoms with Gasteiger partial charge in [0.1, 0.15) is 0 Å². The molecule has 1 rings (SSSR count). The Bertz CT molecular complexity index is 154. The van der Waals surface area contributed by atoms with Crippen molar-refractivity contribution in [2.75, 3.05) is 0 Å². The third-order valence-electron chi connectivity index (χ3n) is 0.844. The maximum Gasteiger partial charge on any atom is 0.1000 e. The fraction of sp³-hybridized carbons (Fsp3) is 0. The van der Waals surface area contributed by atoms with Crippen molar-refractivity contribution >= 4 is 0 Å². The molecule has 1 aliphatic rings. The average Bonchev–Trinajstić information content (AvgIpc) is 1.94. The van der Waals surface area contributed by atoms with Crippen LogP contribution >= 0.6 is 0 Å². The standard InChI is InChI=1S/C6H8N2/c7-6-4-2-1-3-5-8-6/h1-5,8H,7H2. The Labute approximate surface area is 48.4 Å². The molecule has 0 radical (unpaired) electrons. The van der Waals surface area contributed by atoms with E-state index in [4.69, 9.17) is 5.73 Å². The highest BCUT2D eigenvalue weighted by Gasteiger charge is 1.80. The van der Waals surface area contributed by atoms with Crippen LogP contribution in [0.3, 0.4) is 0 Å². The van der Waals surface area contributed by atoms with Gasteiger partial charge in [0.25, 0.3) is 0 Å². The Morgan fingerprint density at radius 1 is 1.25 bits per heavy atom. The predicted octanol–water partition coefficient (Wildman–Crippen LogP) is 0.460. The van der Waals surface area contributed by atoms with Crippen molar-refractivity contribution in [3.8, 4) is 0 Å². The molecular formula is C6H8N2. The van der Waals surface area contributed by atoms with Gasteiger partial charge < -0.3 is 11.1 Å². The van der Waals surface area contributed by atoms with E-state index in [1.807, 2.05) is 18.2 Å². The van der Waals surface area contributed by atoms with Crippen LogP contribution in [-0.4, -0.2) is 0 Å². The van der Waals surface area contributed by atoms with Gasteiger partial charge >= 0.3 is 0 Å². The number of nitrogens with one attached hydrogen (secondary N) is 1. The van der Waals surface area contributed by atoms with Crippen LogP contribution in [0.4, 0.5) is 0 Å². The molecule has 0 bridgehead atoms. The van der Waals surface area contributed by atoms with Gasteiger partial charge in [-0.25, -0.2) is 0 Å². The van der Waals surface area contributed by atoms with Crippen LogP contribution in [0.5, 0.6) is 0 Å². The molecule has 42 valence electrons. The summed E-state index contributed by atoms with van der Waals surface area (Å²) in [5.74, 6) is 0.676. The normalized spacial score (nSPS) is 16.8. The van der Waals surface area contributed by atoms with E-state index in [0.29, 0.717) is 5.82 Å². The molecular weight excluding hydrogens is 100 g/mol. The van der Waals surface area contributed by atoms with Crippen LogP contribution in [-0.2, 0) is 0 Å². The lowest BCUT2D eigenvalue weighted by atomic mass is 10.5. The Kier molecular flexibility index (Phi) is 1.37. The largest absolute Gasteiger partial charge is 0.385 e. The third kappa shape index (κ3) is 1.15. The van der Waals surface area contributed by atoms with Crippen molar-refractivity contribution in [3.63, 3.8) is 0 Å². The number of nitrogens with two attached hydrogens (primary N) is 1. The van der Waals surface area contributed by atoms with Crippen molar-refractivity contribution in [2.24, 2.45) is 5.73 Å². The number of hydrogen-bond donors (Lipinski definition) is 2. The topological polar surface area (TPSA) is 38.0 Å². The molecule has 0 aliphatic carbocycles. The summed E-state index contributed by atoms with van der Waals surface area (Å²) in [6.07, 6.45) is 9.27. The molecule has 2 nitrogen and oxygen atoms in total. The lowest BCUT2D eigenvalue weighted by Crippen LogP contribution is -2.12. The summed E-state index contributed by atoms with van der Waals surface area (Å²) in [4.78, 5) is 0. The van der Waals surface area contributed by atoms with Crippen LogP contribution in [0.2, 0.25) is 0 Å². The highest BCUT2D eigenvalue weighted by atomic mass is 15.0. The first-order chi connectivity index (χ1) is 3.89. The summed E-state index contributed by atoms with van der Waals surface area (Å²) in [7, 11) is 0. The zero-order valence-electron chi connectivity index (χ0n) is 4.46. The molecule has 8 heavy (non-hydrogen) atoms. The smallest absolute Gasteiger partial charge is 0.1000 e. The van der Waals surface area contributed by atoms with Gasteiger partial charge in [-0.05, 0) is 12.2 Å². The maximum atomic E-state index is 5.38. The van der Waals surface area contributed by atoms with Crippen LogP contribution in [0.25, 0.3) is 0 Å². The lowest BCUT2D eigenvalue weighted by molar-refractivity contribution is 1.03. The zero-order chi connectivity index (χ0) is 5.82. The fourth-order valence-corrected chi connectivity index (χ4v) is 0.471. The molecule has 0 aromatic rings. The van der Waals surface area contributed by atoms with E-state index in [0.717, 1.165) is 0 Å². The van der Waals surface area contributed by atoms with Crippen molar-refractivity contribution in [1.29, 1.82) is 0 Å². The molecule has 0 spiro atoms. The first-order valence-electron chi connectivity index (χ1n) is 2.45. The van der Waals surface area contributed by atoms with E-state index >= 15 is 0 Å².